The van der Waals surface area contributed by atoms with Gasteiger partial charge in [-0.2, -0.15) is 0 Å². The molecule has 2 heterocycles. The highest BCUT2D eigenvalue weighted by atomic mass is 35.5. The van der Waals surface area contributed by atoms with Crippen LogP contribution in [0.2, 0.25) is 0 Å². The van der Waals surface area contributed by atoms with Crippen LogP contribution in [0.25, 0.3) is 20.9 Å². The number of alkyl halides is 1. The summed E-state index contributed by atoms with van der Waals surface area (Å²) in [6.45, 7) is 0. The first kappa shape index (κ1) is 12.8. The van der Waals surface area contributed by atoms with Gasteiger partial charge in [0.05, 0.1) is 0 Å². The van der Waals surface area contributed by atoms with Crippen LogP contribution in [0.3, 0.4) is 0 Å². The number of nitrogens with zero attached hydrogens (tertiary/aromatic N) is 3. The Labute approximate surface area is 124 Å². The van der Waals surface area contributed by atoms with E-state index in [1.54, 1.807) is 29.4 Å². The van der Waals surface area contributed by atoms with Gasteiger partial charge in [0.25, 0.3) is 0 Å². The molecule has 0 bridgehead atoms. The van der Waals surface area contributed by atoms with E-state index >= 15 is 0 Å². The summed E-state index contributed by atoms with van der Waals surface area (Å²) in [6, 6.07) is 8.13. The van der Waals surface area contributed by atoms with Crippen LogP contribution in [0.4, 0.5) is 0 Å². The van der Waals surface area contributed by atoms with Crippen LogP contribution in [0, 0.1) is 0 Å². The fraction of sp³-hybridized carbons (Fsp3) is 0.154. The fourth-order valence-electron chi connectivity index (χ4n) is 1.74. The topological polar surface area (TPSA) is 38.7 Å². The first-order chi connectivity index (χ1) is 9.31. The summed E-state index contributed by atoms with van der Waals surface area (Å²) < 4.78 is 0. The summed E-state index contributed by atoms with van der Waals surface area (Å²) >= 11 is 8.97. The van der Waals surface area contributed by atoms with Crippen molar-refractivity contribution >= 4 is 45.0 Å². The molecule has 2 aromatic heterocycles. The van der Waals surface area contributed by atoms with E-state index in [9.17, 15) is 0 Å². The maximum absolute atomic E-state index is 5.80. The minimum Gasteiger partial charge on any atom is -0.231 e. The van der Waals surface area contributed by atoms with E-state index in [1.807, 2.05) is 30.5 Å². The molecule has 19 heavy (non-hydrogen) atoms. The summed E-state index contributed by atoms with van der Waals surface area (Å²) in [7, 11) is 0. The van der Waals surface area contributed by atoms with Crippen molar-refractivity contribution in [3.63, 3.8) is 0 Å². The molecule has 0 aliphatic rings. The van der Waals surface area contributed by atoms with Gasteiger partial charge < -0.3 is 0 Å². The van der Waals surface area contributed by atoms with Crippen molar-refractivity contribution in [1.29, 1.82) is 0 Å². The molecule has 0 unspecified atom stereocenters. The van der Waals surface area contributed by atoms with Crippen molar-refractivity contribution in [2.75, 3.05) is 6.26 Å². The first-order valence-corrected chi connectivity index (χ1v) is 8.20. The molecule has 0 saturated carbocycles. The van der Waals surface area contributed by atoms with E-state index in [4.69, 9.17) is 11.6 Å². The molecule has 0 spiro atoms. The van der Waals surface area contributed by atoms with Gasteiger partial charge >= 0.3 is 0 Å². The molecular formula is C13H10ClN3S2. The maximum atomic E-state index is 5.80. The van der Waals surface area contributed by atoms with Crippen LogP contribution in [-0.4, -0.2) is 21.2 Å². The molecule has 0 radical (unpaired) electrons. The molecule has 96 valence electrons. The Kier molecular flexibility index (Phi) is 3.68. The van der Waals surface area contributed by atoms with Crippen LogP contribution in [-0.2, 0) is 5.88 Å². The predicted octanol–water partition coefficient (Wildman–Crippen LogP) is 4.21. The standard InChI is InChI=1S/C13H10ClN3S2/c1-18-12-10-13(16-7-15-12)19-11(17-10)9-4-2-8(6-14)3-5-9/h2-5,7H,6H2,1H3. The Morgan fingerprint density at radius 2 is 2.00 bits per heavy atom. The van der Waals surface area contributed by atoms with Crippen LogP contribution in [0.1, 0.15) is 5.56 Å². The highest BCUT2D eigenvalue weighted by molar-refractivity contribution is 7.98. The van der Waals surface area contributed by atoms with Gasteiger partial charge in [-0.25, -0.2) is 15.0 Å². The van der Waals surface area contributed by atoms with E-state index in [-0.39, 0.29) is 0 Å². The Bertz CT molecular complexity index is 709. The second kappa shape index (κ2) is 5.45. The Balaban J connectivity index is 2.09. The molecule has 0 aliphatic carbocycles. The average molecular weight is 308 g/mol. The third kappa shape index (κ3) is 2.45. The summed E-state index contributed by atoms with van der Waals surface area (Å²) in [5.41, 5.74) is 3.08. The smallest absolute Gasteiger partial charge is 0.148 e. The SMILES string of the molecule is CSc1ncnc2sc(-c3ccc(CCl)cc3)nc12. The van der Waals surface area contributed by atoms with Crippen molar-refractivity contribution in [3.05, 3.63) is 36.2 Å². The molecule has 0 atom stereocenters. The van der Waals surface area contributed by atoms with Gasteiger partial charge in [-0.3, -0.25) is 0 Å². The summed E-state index contributed by atoms with van der Waals surface area (Å²) in [5, 5.41) is 1.89. The number of thioether (sulfide) groups is 1. The summed E-state index contributed by atoms with van der Waals surface area (Å²) in [5.74, 6) is 0.530. The Hall–Kier alpha value is -1.17. The molecule has 0 amide bonds. The van der Waals surface area contributed by atoms with Gasteiger partial charge in [-0.1, -0.05) is 35.6 Å². The monoisotopic (exact) mass is 307 g/mol. The van der Waals surface area contributed by atoms with Crippen molar-refractivity contribution in [3.8, 4) is 10.6 Å². The number of benzene rings is 1. The molecule has 1 aromatic carbocycles. The van der Waals surface area contributed by atoms with Gasteiger partial charge in [0.15, 0.2) is 0 Å². The Morgan fingerprint density at radius 3 is 2.68 bits per heavy atom. The van der Waals surface area contributed by atoms with Crippen LogP contribution in [0.15, 0.2) is 35.6 Å². The van der Waals surface area contributed by atoms with Crippen LogP contribution < -0.4 is 0 Å². The van der Waals surface area contributed by atoms with Crippen LogP contribution >= 0.6 is 34.7 Å². The van der Waals surface area contributed by atoms with Crippen molar-refractivity contribution in [2.24, 2.45) is 0 Å². The van der Waals surface area contributed by atoms with E-state index in [0.29, 0.717) is 5.88 Å². The lowest BCUT2D eigenvalue weighted by Crippen LogP contribution is -1.83. The van der Waals surface area contributed by atoms with Gasteiger partial charge in [0, 0.05) is 11.4 Å². The second-order valence-corrected chi connectivity index (χ2v) is 5.93. The van der Waals surface area contributed by atoms with Crippen LogP contribution in [0.5, 0.6) is 0 Å². The third-order valence-corrected chi connectivity index (χ3v) is 4.72. The molecule has 3 rings (SSSR count). The quantitative estimate of drug-likeness (QED) is 0.413. The summed E-state index contributed by atoms with van der Waals surface area (Å²) in [4.78, 5) is 14.1. The molecule has 3 aromatic rings. The number of hydrogen-bond donors (Lipinski definition) is 0. The van der Waals surface area contributed by atoms with Gasteiger partial charge in [0.1, 0.15) is 26.7 Å². The normalized spacial score (nSPS) is 11.1. The van der Waals surface area contributed by atoms with Gasteiger partial charge in [-0.05, 0) is 11.8 Å². The first-order valence-electron chi connectivity index (χ1n) is 5.62. The Morgan fingerprint density at radius 1 is 1.21 bits per heavy atom. The number of thiazole rings is 1. The van der Waals surface area contributed by atoms with Crippen molar-refractivity contribution in [1.82, 2.24) is 15.0 Å². The average Bonchev–Trinajstić information content (AvgIpc) is 2.91. The predicted molar refractivity (Wildman–Crippen MR) is 82.0 cm³/mol. The minimum atomic E-state index is 0.530. The van der Waals surface area contributed by atoms with E-state index in [1.165, 1.54) is 0 Å². The van der Waals surface area contributed by atoms with E-state index < -0.39 is 0 Å². The number of fused-ring (bicyclic) bond motifs is 1. The number of hydrogen-bond acceptors (Lipinski definition) is 5. The van der Waals surface area contributed by atoms with Crippen molar-refractivity contribution < 1.29 is 0 Å². The zero-order valence-electron chi connectivity index (χ0n) is 10.1. The number of halogens is 1. The molecule has 3 nitrogen and oxygen atoms in total. The number of rotatable bonds is 3. The lowest BCUT2D eigenvalue weighted by atomic mass is 10.2. The second-order valence-electron chi connectivity index (χ2n) is 3.89. The molecule has 0 aliphatic heterocycles. The van der Waals surface area contributed by atoms with Gasteiger partial charge in [0.2, 0.25) is 0 Å². The highest BCUT2D eigenvalue weighted by Crippen LogP contribution is 2.32. The zero-order chi connectivity index (χ0) is 13.2. The largest absolute Gasteiger partial charge is 0.231 e. The minimum absolute atomic E-state index is 0.530. The van der Waals surface area contributed by atoms with Crippen molar-refractivity contribution in [2.45, 2.75) is 10.9 Å². The van der Waals surface area contributed by atoms with E-state index in [2.05, 4.69) is 15.0 Å². The number of aromatic nitrogens is 3. The fourth-order valence-corrected chi connectivity index (χ4v) is 3.39. The third-order valence-electron chi connectivity index (χ3n) is 2.71. The molecule has 0 saturated heterocycles. The maximum Gasteiger partial charge on any atom is 0.148 e. The highest BCUT2D eigenvalue weighted by Gasteiger charge is 2.11. The lowest BCUT2D eigenvalue weighted by molar-refractivity contribution is 1.09. The van der Waals surface area contributed by atoms with Gasteiger partial charge in [-0.15, -0.1) is 23.4 Å². The zero-order valence-corrected chi connectivity index (χ0v) is 12.5. The lowest BCUT2D eigenvalue weighted by Gasteiger charge is -1.97. The summed E-state index contributed by atoms with van der Waals surface area (Å²) in [6.07, 6.45) is 3.59. The molecule has 0 N–H and O–H groups in total. The molecule has 6 heteroatoms. The molecular weight excluding hydrogens is 298 g/mol. The molecule has 0 fully saturated rings. The van der Waals surface area contributed by atoms with E-state index in [0.717, 1.165) is 31.5 Å².